The van der Waals surface area contributed by atoms with Crippen molar-refractivity contribution in [3.8, 4) is 0 Å². The van der Waals surface area contributed by atoms with E-state index >= 15 is 0 Å². The third kappa shape index (κ3) is 3.30. The molecule has 0 spiro atoms. The van der Waals surface area contributed by atoms with Crippen LogP contribution >= 0.6 is 0 Å². The zero-order valence-electron chi connectivity index (χ0n) is 9.71. The minimum absolute atomic E-state index is 0.835. The number of nitrogens with zero attached hydrogens (tertiary/aromatic N) is 1. The molecular formula is C12H25N. The van der Waals surface area contributed by atoms with Crippen molar-refractivity contribution in [2.45, 2.75) is 53.0 Å². The molecule has 0 N–H and O–H groups in total. The van der Waals surface area contributed by atoms with Gasteiger partial charge in [-0.1, -0.05) is 27.2 Å². The van der Waals surface area contributed by atoms with Crippen LogP contribution in [0.15, 0.2) is 0 Å². The van der Waals surface area contributed by atoms with E-state index in [1.165, 1.54) is 32.4 Å². The molecule has 1 heteroatoms. The lowest BCUT2D eigenvalue weighted by molar-refractivity contribution is 0.276. The van der Waals surface area contributed by atoms with Crippen molar-refractivity contribution in [3.63, 3.8) is 0 Å². The molecule has 78 valence electrons. The van der Waals surface area contributed by atoms with Crippen LogP contribution in [0.4, 0.5) is 0 Å². The van der Waals surface area contributed by atoms with Gasteiger partial charge in [0.05, 0.1) is 0 Å². The van der Waals surface area contributed by atoms with Crippen LogP contribution in [0.3, 0.4) is 0 Å². The Bertz CT molecular complexity index is 142. The summed E-state index contributed by atoms with van der Waals surface area (Å²) in [5.74, 6) is 1.86. The first-order valence-electron chi connectivity index (χ1n) is 5.87. The quantitative estimate of drug-likeness (QED) is 0.647. The zero-order valence-corrected chi connectivity index (χ0v) is 9.71. The molecule has 1 heterocycles. The van der Waals surface area contributed by atoms with Crippen LogP contribution in [0.2, 0.25) is 0 Å². The molecule has 13 heavy (non-hydrogen) atoms. The molecule has 1 saturated heterocycles. The molecule has 0 bridgehead atoms. The molecule has 2 unspecified atom stereocenters. The topological polar surface area (TPSA) is 3.24 Å². The molecule has 1 aliphatic rings. The largest absolute Gasteiger partial charge is 0.301 e. The van der Waals surface area contributed by atoms with Gasteiger partial charge in [0.15, 0.2) is 0 Å². The smallest absolute Gasteiger partial charge is 0.00700 e. The van der Waals surface area contributed by atoms with E-state index in [0.29, 0.717) is 0 Å². The van der Waals surface area contributed by atoms with Gasteiger partial charge in [-0.05, 0) is 38.1 Å². The molecule has 2 atom stereocenters. The Labute approximate surface area is 83.5 Å². The summed E-state index contributed by atoms with van der Waals surface area (Å²) in [5, 5.41) is 0. The standard InChI is InChI=1S/C12H25N/c1-5-13-9-12(8-11(13)4)7-6-10(2)3/h10-12H,5-9H2,1-4H3. The molecule has 0 aromatic carbocycles. The second-order valence-electron chi connectivity index (χ2n) is 5.01. The molecule has 0 aromatic heterocycles. The van der Waals surface area contributed by atoms with Gasteiger partial charge in [-0.25, -0.2) is 0 Å². The highest BCUT2D eigenvalue weighted by molar-refractivity contribution is 4.81. The van der Waals surface area contributed by atoms with E-state index in [1.54, 1.807) is 0 Å². The zero-order chi connectivity index (χ0) is 9.84. The van der Waals surface area contributed by atoms with E-state index in [0.717, 1.165) is 17.9 Å². The summed E-state index contributed by atoms with van der Waals surface area (Å²) in [6, 6.07) is 0.835. The van der Waals surface area contributed by atoms with Gasteiger partial charge in [0, 0.05) is 12.6 Å². The van der Waals surface area contributed by atoms with Crippen molar-refractivity contribution in [1.82, 2.24) is 4.90 Å². The summed E-state index contributed by atoms with van der Waals surface area (Å²) in [6.45, 7) is 11.9. The van der Waals surface area contributed by atoms with E-state index in [1.807, 2.05) is 0 Å². The van der Waals surface area contributed by atoms with Crippen LogP contribution < -0.4 is 0 Å². The number of hydrogen-bond acceptors (Lipinski definition) is 1. The molecule has 0 radical (unpaired) electrons. The molecule has 0 amide bonds. The van der Waals surface area contributed by atoms with Gasteiger partial charge in [-0.3, -0.25) is 0 Å². The Balaban J connectivity index is 2.23. The minimum Gasteiger partial charge on any atom is -0.301 e. The van der Waals surface area contributed by atoms with E-state index in [-0.39, 0.29) is 0 Å². The lowest BCUT2D eigenvalue weighted by atomic mass is 9.96. The van der Waals surface area contributed by atoms with Gasteiger partial charge < -0.3 is 4.90 Å². The fraction of sp³-hybridized carbons (Fsp3) is 1.00. The monoisotopic (exact) mass is 183 g/mol. The Hall–Kier alpha value is -0.0400. The summed E-state index contributed by atoms with van der Waals surface area (Å²) >= 11 is 0. The Kier molecular flexibility index (Phi) is 4.24. The van der Waals surface area contributed by atoms with Gasteiger partial charge in [-0.2, -0.15) is 0 Å². The van der Waals surface area contributed by atoms with Crippen molar-refractivity contribution in [3.05, 3.63) is 0 Å². The predicted molar refractivity (Wildman–Crippen MR) is 58.9 cm³/mol. The van der Waals surface area contributed by atoms with Crippen LogP contribution in [-0.4, -0.2) is 24.0 Å². The van der Waals surface area contributed by atoms with Crippen LogP contribution in [0.25, 0.3) is 0 Å². The summed E-state index contributed by atoms with van der Waals surface area (Å²) in [4.78, 5) is 2.62. The second kappa shape index (κ2) is 4.99. The van der Waals surface area contributed by atoms with Crippen LogP contribution in [0.5, 0.6) is 0 Å². The van der Waals surface area contributed by atoms with E-state index in [2.05, 4.69) is 32.6 Å². The fourth-order valence-electron chi connectivity index (χ4n) is 2.44. The Morgan fingerprint density at radius 2 is 2.08 bits per heavy atom. The summed E-state index contributed by atoms with van der Waals surface area (Å²) in [6.07, 6.45) is 4.29. The number of rotatable bonds is 4. The van der Waals surface area contributed by atoms with Crippen LogP contribution in [0, 0.1) is 11.8 Å². The third-order valence-electron chi connectivity index (χ3n) is 3.35. The second-order valence-corrected chi connectivity index (χ2v) is 5.01. The highest BCUT2D eigenvalue weighted by Gasteiger charge is 2.27. The SMILES string of the molecule is CCN1CC(CCC(C)C)CC1C. The van der Waals surface area contributed by atoms with E-state index < -0.39 is 0 Å². The highest BCUT2D eigenvalue weighted by atomic mass is 15.2. The van der Waals surface area contributed by atoms with Crippen molar-refractivity contribution >= 4 is 0 Å². The van der Waals surface area contributed by atoms with E-state index in [9.17, 15) is 0 Å². The first-order chi connectivity index (χ1) is 6.13. The lowest BCUT2D eigenvalue weighted by Gasteiger charge is -2.17. The molecule has 1 rings (SSSR count). The molecule has 1 fully saturated rings. The predicted octanol–water partition coefficient (Wildman–Crippen LogP) is 3.15. The van der Waals surface area contributed by atoms with Crippen molar-refractivity contribution in [2.24, 2.45) is 11.8 Å². The van der Waals surface area contributed by atoms with Crippen molar-refractivity contribution in [2.75, 3.05) is 13.1 Å². The molecule has 0 aromatic rings. The van der Waals surface area contributed by atoms with Crippen LogP contribution in [0.1, 0.15) is 47.0 Å². The summed E-state index contributed by atoms with van der Waals surface area (Å²) in [7, 11) is 0. The first kappa shape index (κ1) is 11.0. The Morgan fingerprint density at radius 1 is 1.38 bits per heavy atom. The minimum atomic E-state index is 0.835. The molecule has 1 nitrogen and oxygen atoms in total. The number of likely N-dealkylation sites (tertiary alicyclic amines) is 1. The van der Waals surface area contributed by atoms with Crippen molar-refractivity contribution in [1.29, 1.82) is 0 Å². The lowest BCUT2D eigenvalue weighted by Crippen LogP contribution is -2.26. The molecular weight excluding hydrogens is 158 g/mol. The molecule has 0 saturated carbocycles. The average Bonchev–Trinajstić information content (AvgIpc) is 2.43. The maximum absolute atomic E-state index is 2.62. The van der Waals surface area contributed by atoms with Crippen molar-refractivity contribution < 1.29 is 0 Å². The first-order valence-corrected chi connectivity index (χ1v) is 5.87. The van der Waals surface area contributed by atoms with Gasteiger partial charge in [-0.15, -0.1) is 0 Å². The summed E-state index contributed by atoms with van der Waals surface area (Å²) < 4.78 is 0. The normalized spacial score (nSPS) is 30.2. The van der Waals surface area contributed by atoms with Gasteiger partial charge >= 0.3 is 0 Å². The van der Waals surface area contributed by atoms with Gasteiger partial charge in [0.1, 0.15) is 0 Å². The molecule has 1 aliphatic heterocycles. The van der Waals surface area contributed by atoms with Gasteiger partial charge in [0.2, 0.25) is 0 Å². The third-order valence-corrected chi connectivity index (χ3v) is 3.35. The van der Waals surface area contributed by atoms with Gasteiger partial charge in [0.25, 0.3) is 0 Å². The average molecular weight is 183 g/mol. The summed E-state index contributed by atoms with van der Waals surface area (Å²) in [5.41, 5.74) is 0. The maximum Gasteiger partial charge on any atom is 0.00700 e. The van der Waals surface area contributed by atoms with Crippen LogP contribution in [-0.2, 0) is 0 Å². The highest BCUT2D eigenvalue weighted by Crippen LogP contribution is 2.27. The molecule has 0 aliphatic carbocycles. The maximum atomic E-state index is 2.62. The van der Waals surface area contributed by atoms with E-state index in [4.69, 9.17) is 0 Å². The Morgan fingerprint density at radius 3 is 2.54 bits per heavy atom. The fourth-order valence-corrected chi connectivity index (χ4v) is 2.44. The number of hydrogen-bond donors (Lipinski definition) is 0.